The average Bonchev–Trinajstić information content (AvgIpc) is 2.39. The zero-order valence-electron chi connectivity index (χ0n) is 9.95. The molecule has 19 heavy (non-hydrogen) atoms. The lowest BCUT2D eigenvalue weighted by Gasteiger charge is -2.19. The van der Waals surface area contributed by atoms with E-state index in [-0.39, 0.29) is 6.10 Å². The Balaban J connectivity index is 2.21. The van der Waals surface area contributed by atoms with E-state index in [0.717, 1.165) is 20.3 Å². The van der Waals surface area contributed by atoms with Crippen LogP contribution in [0.1, 0.15) is 11.7 Å². The summed E-state index contributed by atoms with van der Waals surface area (Å²) in [5, 5.41) is 0.659. The van der Waals surface area contributed by atoms with E-state index in [2.05, 4.69) is 31.9 Å². The molecule has 0 aliphatic carbocycles. The summed E-state index contributed by atoms with van der Waals surface area (Å²) in [5.74, 6) is 0.725. The molecule has 1 atom stereocenters. The first-order valence-electron chi connectivity index (χ1n) is 5.67. The van der Waals surface area contributed by atoms with Crippen LogP contribution in [0.3, 0.4) is 0 Å². The van der Waals surface area contributed by atoms with E-state index >= 15 is 0 Å². The van der Waals surface area contributed by atoms with Crippen LogP contribution in [0, 0.1) is 0 Å². The molecular weight excluding hydrogens is 393 g/mol. The molecule has 1 unspecified atom stereocenters. The number of hydrogen-bond donors (Lipinski definition) is 1. The molecule has 2 aromatic rings. The Kier molecular flexibility index (Phi) is 5.28. The van der Waals surface area contributed by atoms with E-state index in [4.69, 9.17) is 22.1 Å². The van der Waals surface area contributed by atoms with Crippen molar-refractivity contribution < 1.29 is 4.74 Å². The smallest absolute Gasteiger partial charge is 0.136 e. The normalized spacial score (nSPS) is 12.2. The minimum Gasteiger partial charge on any atom is -0.483 e. The molecular formula is C14H12Br2ClNO. The lowest BCUT2D eigenvalue weighted by molar-refractivity contribution is 0.213. The largest absolute Gasteiger partial charge is 0.483 e. The zero-order chi connectivity index (χ0) is 13.8. The third kappa shape index (κ3) is 3.96. The second kappa shape index (κ2) is 6.75. The van der Waals surface area contributed by atoms with Gasteiger partial charge in [0.05, 0.1) is 4.47 Å². The van der Waals surface area contributed by atoms with E-state index in [0.29, 0.717) is 11.6 Å². The van der Waals surface area contributed by atoms with Crippen molar-refractivity contribution in [3.8, 4) is 5.75 Å². The van der Waals surface area contributed by atoms with Crippen molar-refractivity contribution in [2.75, 3.05) is 6.54 Å². The van der Waals surface area contributed by atoms with Gasteiger partial charge in [0.15, 0.2) is 0 Å². The molecule has 0 radical (unpaired) electrons. The Morgan fingerprint density at radius 1 is 1.11 bits per heavy atom. The van der Waals surface area contributed by atoms with Gasteiger partial charge in [-0.15, -0.1) is 0 Å². The van der Waals surface area contributed by atoms with E-state index in [9.17, 15) is 0 Å². The number of benzene rings is 2. The molecule has 0 aliphatic heterocycles. The van der Waals surface area contributed by atoms with Crippen LogP contribution in [-0.4, -0.2) is 6.54 Å². The van der Waals surface area contributed by atoms with Crippen LogP contribution in [0.5, 0.6) is 5.75 Å². The maximum atomic E-state index is 5.93. The summed E-state index contributed by atoms with van der Waals surface area (Å²) in [6, 6.07) is 13.3. The Morgan fingerprint density at radius 2 is 1.79 bits per heavy atom. The molecule has 0 aromatic heterocycles. The Bertz CT molecular complexity index is 560. The van der Waals surface area contributed by atoms with E-state index < -0.39 is 0 Å². The van der Waals surface area contributed by atoms with Crippen LogP contribution in [0.2, 0.25) is 5.02 Å². The highest BCUT2D eigenvalue weighted by Crippen LogP contribution is 2.31. The van der Waals surface area contributed by atoms with Crippen molar-refractivity contribution in [1.82, 2.24) is 0 Å². The summed E-state index contributed by atoms with van der Waals surface area (Å²) in [4.78, 5) is 0. The molecule has 0 fully saturated rings. The van der Waals surface area contributed by atoms with Gasteiger partial charge in [0, 0.05) is 16.0 Å². The summed E-state index contributed by atoms with van der Waals surface area (Å²) in [7, 11) is 0. The van der Waals surface area contributed by atoms with Gasteiger partial charge >= 0.3 is 0 Å². The number of rotatable bonds is 4. The quantitative estimate of drug-likeness (QED) is 0.782. The highest BCUT2D eigenvalue weighted by Gasteiger charge is 2.13. The Labute approximate surface area is 134 Å². The average molecular weight is 406 g/mol. The number of ether oxygens (including phenoxy) is 1. The van der Waals surface area contributed by atoms with Crippen LogP contribution in [0.25, 0.3) is 0 Å². The van der Waals surface area contributed by atoms with E-state index in [1.54, 1.807) is 12.1 Å². The molecule has 2 rings (SSSR count). The number of nitrogens with two attached hydrogens (primary N) is 1. The SMILES string of the molecule is NCC(Oc1ccc(Cl)cc1Br)c1ccc(Br)cc1. The Hall–Kier alpha value is -0.550. The third-order valence-corrected chi connectivity index (χ3v) is 4.00. The predicted octanol–water partition coefficient (Wildman–Crippen LogP) is 4.94. The summed E-state index contributed by atoms with van der Waals surface area (Å²) < 4.78 is 7.77. The van der Waals surface area contributed by atoms with Crippen LogP contribution in [0.4, 0.5) is 0 Å². The molecule has 0 aliphatic rings. The first-order chi connectivity index (χ1) is 9.10. The molecule has 0 bridgehead atoms. The molecule has 0 saturated carbocycles. The maximum Gasteiger partial charge on any atom is 0.136 e. The summed E-state index contributed by atoms with van der Waals surface area (Å²) in [6.45, 7) is 0.400. The van der Waals surface area contributed by atoms with Crippen LogP contribution >= 0.6 is 43.5 Å². The van der Waals surface area contributed by atoms with Gasteiger partial charge in [-0.2, -0.15) is 0 Å². The molecule has 5 heteroatoms. The van der Waals surface area contributed by atoms with Gasteiger partial charge in [0.2, 0.25) is 0 Å². The van der Waals surface area contributed by atoms with Crippen molar-refractivity contribution in [2.24, 2.45) is 5.73 Å². The molecule has 0 amide bonds. The zero-order valence-corrected chi connectivity index (χ0v) is 13.9. The van der Waals surface area contributed by atoms with Gasteiger partial charge in [0.25, 0.3) is 0 Å². The minimum atomic E-state index is -0.189. The summed E-state index contributed by atoms with van der Waals surface area (Å²) in [5.41, 5.74) is 6.83. The van der Waals surface area contributed by atoms with Crippen molar-refractivity contribution in [3.05, 3.63) is 62.0 Å². The fourth-order valence-electron chi connectivity index (χ4n) is 1.65. The molecule has 2 N–H and O–H groups in total. The topological polar surface area (TPSA) is 35.2 Å². The first-order valence-corrected chi connectivity index (χ1v) is 7.64. The van der Waals surface area contributed by atoms with Crippen molar-refractivity contribution in [2.45, 2.75) is 6.10 Å². The van der Waals surface area contributed by atoms with Crippen molar-refractivity contribution in [1.29, 1.82) is 0 Å². The van der Waals surface area contributed by atoms with Gasteiger partial charge < -0.3 is 10.5 Å². The van der Waals surface area contributed by atoms with E-state index in [1.807, 2.05) is 30.3 Å². The molecule has 0 saturated heterocycles. The number of hydrogen-bond acceptors (Lipinski definition) is 2. The monoisotopic (exact) mass is 403 g/mol. The predicted molar refractivity (Wildman–Crippen MR) is 85.7 cm³/mol. The Morgan fingerprint density at radius 3 is 2.37 bits per heavy atom. The van der Waals surface area contributed by atoms with Crippen LogP contribution in [-0.2, 0) is 0 Å². The minimum absolute atomic E-state index is 0.189. The highest BCUT2D eigenvalue weighted by atomic mass is 79.9. The summed E-state index contributed by atoms with van der Waals surface area (Å²) >= 11 is 12.7. The molecule has 0 heterocycles. The standard InChI is InChI=1S/C14H12Br2ClNO/c15-10-3-1-9(2-4-10)14(8-18)19-13-6-5-11(17)7-12(13)16/h1-7,14H,8,18H2. The molecule has 100 valence electrons. The molecule has 2 aromatic carbocycles. The lowest BCUT2D eigenvalue weighted by Crippen LogP contribution is -2.18. The van der Waals surface area contributed by atoms with Crippen molar-refractivity contribution in [3.63, 3.8) is 0 Å². The van der Waals surface area contributed by atoms with Gasteiger partial charge in [-0.3, -0.25) is 0 Å². The third-order valence-electron chi connectivity index (χ3n) is 2.62. The fourth-order valence-corrected chi connectivity index (χ4v) is 2.69. The van der Waals surface area contributed by atoms with E-state index in [1.165, 1.54) is 0 Å². The first kappa shape index (κ1) is 14.9. The maximum absolute atomic E-state index is 5.93. The highest BCUT2D eigenvalue weighted by molar-refractivity contribution is 9.10. The van der Waals surface area contributed by atoms with Crippen molar-refractivity contribution >= 4 is 43.5 Å². The number of halogens is 3. The van der Waals surface area contributed by atoms with Gasteiger partial charge in [-0.1, -0.05) is 39.7 Å². The van der Waals surface area contributed by atoms with Gasteiger partial charge in [-0.25, -0.2) is 0 Å². The fraction of sp³-hybridized carbons (Fsp3) is 0.143. The van der Waals surface area contributed by atoms with Gasteiger partial charge in [-0.05, 0) is 51.8 Å². The molecule has 2 nitrogen and oxygen atoms in total. The molecule has 0 spiro atoms. The second-order valence-electron chi connectivity index (χ2n) is 3.97. The van der Waals surface area contributed by atoms with Crippen LogP contribution in [0.15, 0.2) is 51.4 Å². The second-order valence-corrected chi connectivity index (χ2v) is 6.17. The summed E-state index contributed by atoms with van der Waals surface area (Å²) in [6.07, 6.45) is -0.189. The van der Waals surface area contributed by atoms with Crippen LogP contribution < -0.4 is 10.5 Å². The lowest BCUT2D eigenvalue weighted by atomic mass is 10.1. The van der Waals surface area contributed by atoms with Gasteiger partial charge in [0.1, 0.15) is 11.9 Å².